The maximum absolute atomic E-state index is 13.0. The van der Waals surface area contributed by atoms with Gasteiger partial charge in [-0.3, -0.25) is 9.59 Å². The van der Waals surface area contributed by atoms with Gasteiger partial charge in [0.25, 0.3) is 5.91 Å². The molecule has 6 nitrogen and oxygen atoms in total. The minimum absolute atomic E-state index is 0.0323. The van der Waals surface area contributed by atoms with Crippen molar-refractivity contribution < 1.29 is 14.3 Å². The number of fused-ring (bicyclic) bond motifs is 1. The average Bonchev–Trinajstić information content (AvgIpc) is 2.76. The number of benzene rings is 2. The molecule has 0 aliphatic carbocycles. The van der Waals surface area contributed by atoms with Crippen LogP contribution in [0, 0.1) is 0 Å². The highest BCUT2D eigenvalue weighted by molar-refractivity contribution is 5.94. The van der Waals surface area contributed by atoms with Crippen LogP contribution in [0.1, 0.15) is 53.7 Å². The van der Waals surface area contributed by atoms with Crippen molar-refractivity contribution in [2.24, 2.45) is 0 Å². The van der Waals surface area contributed by atoms with Gasteiger partial charge in [0.05, 0.1) is 6.04 Å². The lowest BCUT2D eigenvalue weighted by Crippen LogP contribution is -2.51. The van der Waals surface area contributed by atoms with Crippen LogP contribution in [0.2, 0.25) is 0 Å². The number of ether oxygens (including phenoxy) is 1. The van der Waals surface area contributed by atoms with Crippen molar-refractivity contribution in [1.82, 2.24) is 15.5 Å². The van der Waals surface area contributed by atoms with E-state index in [4.69, 9.17) is 4.74 Å². The molecule has 2 aliphatic rings. The van der Waals surface area contributed by atoms with Crippen molar-refractivity contribution in [3.63, 3.8) is 0 Å². The molecule has 164 valence electrons. The molecule has 2 aromatic carbocycles. The van der Waals surface area contributed by atoms with Gasteiger partial charge < -0.3 is 20.3 Å². The lowest BCUT2D eigenvalue weighted by atomic mass is 9.80. The molecule has 2 heterocycles. The van der Waals surface area contributed by atoms with Crippen LogP contribution in [0.3, 0.4) is 0 Å². The Hall–Kier alpha value is -2.86. The van der Waals surface area contributed by atoms with Gasteiger partial charge in [0.15, 0.2) is 0 Å². The molecule has 0 saturated carbocycles. The van der Waals surface area contributed by atoms with Gasteiger partial charge in [0.2, 0.25) is 5.91 Å². The van der Waals surface area contributed by atoms with Crippen LogP contribution in [0.4, 0.5) is 0 Å². The number of amides is 2. The van der Waals surface area contributed by atoms with Crippen molar-refractivity contribution in [2.45, 2.75) is 44.2 Å². The van der Waals surface area contributed by atoms with E-state index in [0.717, 1.165) is 55.6 Å². The van der Waals surface area contributed by atoms with Crippen LogP contribution in [-0.2, 0) is 11.2 Å². The largest absolute Gasteiger partial charge is 0.487 e. The monoisotopic (exact) mass is 421 g/mol. The molecule has 1 atom stereocenters. The smallest absolute Gasteiger partial charge is 0.251 e. The van der Waals surface area contributed by atoms with Crippen molar-refractivity contribution in [1.29, 1.82) is 0 Å². The Bertz CT molecular complexity index is 933. The van der Waals surface area contributed by atoms with Gasteiger partial charge in [0.1, 0.15) is 11.4 Å². The van der Waals surface area contributed by atoms with Gasteiger partial charge in [-0.05, 0) is 50.1 Å². The van der Waals surface area contributed by atoms with Crippen LogP contribution in [0.5, 0.6) is 5.75 Å². The second-order valence-corrected chi connectivity index (χ2v) is 8.79. The Labute approximate surface area is 184 Å². The number of likely N-dealkylation sites (tertiary alicyclic amines) is 1. The molecule has 1 spiro atoms. The van der Waals surface area contributed by atoms with Gasteiger partial charge in [-0.15, -0.1) is 0 Å². The van der Waals surface area contributed by atoms with E-state index in [1.54, 1.807) is 0 Å². The van der Waals surface area contributed by atoms with Crippen LogP contribution in [0.15, 0.2) is 48.5 Å². The quantitative estimate of drug-likeness (QED) is 0.778. The summed E-state index contributed by atoms with van der Waals surface area (Å²) in [6.07, 6.45) is 3.46. The molecule has 1 fully saturated rings. The average molecular weight is 422 g/mol. The minimum Gasteiger partial charge on any atom is -0.487 e. The Morgan fingerprint density at radius 2 is 1.81 bits per heavy atom. The maximum Gasteiger partial charge on any atom is 0.251 e. The first kappa shape index (κ1) is 21.4. The summed E-state index contributed by atoms with van der Waals surface area (Å²) in [5.41, 5.74) is 2.57. The standard InChI is InChI=1S/C25H31N3O3/c1-18(29)26-14-11-19-7-9-20(10-8-19)24(30)27-22-17-25(12-15-28(2)16-13-25)31-23-6-4-3-5-21(22)23/h3-10,22H,11-17H2,1-2H3,(H,26,29)(H,27,30)/t22-/m0/s1. The molecule has 0 radical (unpaired) electrons. The summed E-state index contributed by atoms with van der Waals surface area (Å²) in [5, 5.41) is 6.06. The molecule has 2 aliphatic heterocycles. The third kappa shape index (κ3) is 5.07. The summed E-state index contributed by atoms with van der Waals surface area (Å²) in [6, 6.07) is 15.6. The van der Waals surface area contributed by atoms with Crippen molar-refractivity contribution >= 4 is 11.8 Å². The SMILES string of the molecule is CC(=O)NCCc1ccc(C(=O)N[C@H]2CC3(CCN(C)CC3)Oc3ccccc32)cc1. The Morgan fingerprint density at radius 3 is 2.52 bits per heavy atom. The first-order chi connectivity index (χ1) is 14.9. The number of carbonyl (C=O) groups is 2. The van der Waals surface area contributed by atoms with Crippen molar-refractivity contribution in [3.8, 4) is 5.75 Å². The molecule has 0 aromatic heterocycles. The lowest BCUT2D eigenvalue weighted by Gasteiger charge is -2.46. The summed E-state index contributed by atoms with van der Waals surface area (Å²) in [6.45, 7) is 4.11. The lowest BCUT2D eigenvalue weighted by molar-refractivity contribution is -0.118. The molecule has 6 heteroatoms. The highest BCUT2D eigenvalue weighted by Crippen LogP contribution is 2.44. The van der Waals surface area contributed by atoms with Crippen LogP contribution in [0.25, 0.3) is 0 Å². The van der Waals surface area contributed by atoms with Gasteiger partial charge in [-0.25, -0.2) is 0 Å². The van der Waals surface area contributed by atoms with Crippen molar-refractivity contribution in [3.05, 3.63) is 65.2 Å². The van der Waals surface area contributed by atoms with Crippen LogP contribution >= 0.6 is 0 Å². The van der Waals surface area contributed by atoms with Crippen LogP contribution < -0.4 is 15.4 Å². The zero-order chi connectivity index (χ0) is 21.8. The van der Waals surface area contributed by atoms with Crippen molar-refractivity contribution in [2.75, 3.05) is 26.7 Å². The molecule has 0 unspecified atom stereocenters. The summed E-state index contributed by atoms with van der Waals surface area (Å²) < 4.78 is 6.49. The summed E-state index contributed by atoms with van der Waals surface area (Å²) in [7, 11) is 2.14. The predicted octanol–water partition coefficient (Wildman–Crippen LogP) is 3.08. The minimum atomic E-state index is -0.216. The molecular weight excluding hydrogens is 390 g/mol. The Balaban J connectivity index is 1.46. The maximum atomic E-state index is 13.0. The Morgan fingerprint density at radius 1 is 1.10 bits per heavy atom. The summed E-state index contributed by atoms with van der Waals surface area (Å²) in [5.74, 6) is 0.783. The van der Waals surface area contributed by atoms with E-state index in [9.17, 15) is 9.59 Å². The second-order valence-electron chi connectivity index (χ2n) is 8.79. The first-order valence-electron chi connectivity index (χ1n) is 11.0. The van der Waals surface area contributed by atoms with E-state index >= 15 is 0 Å². The summed E-state index contributed by atoms with van der Waals surface area (Å²) >= 11 is 0. The topological polar surface area (TPSA) is 70.7 Å². The highest BCUT2D eigenvalue weighted by atomic mass is 16.5. The van der Waals surface area contributed by atoms with Gasteiger partial charge in [-0.2, -0.15) is 0 Å². The number of hydrogen-bond donors (Lipinski definition) is 2. The fraction of sp³-hybridized carbons (Fsp3) is 0.440. The number of rotatable bonds is 5. The first-order valence-corrected chi connectivity index (χ1v) is 11.0. The Kier molecular flexibility index (Phi) is 6.28. The molecule has 2 amide bonds. The fourth-order valence-corrected chi connectivity index (χ4v) is 4.53. The van der Waals surface area contributed by atoms with Gasteiger partial charge in [-0.1, -0.05) is 30.3 Å². The number of nitrogens with one attached hydrogen (secondary N) is 2. The molecule has 0 bridgehead atoms. The number of hydrogen-bond acceptors (Lipinski definition) is 4. The normalized spacial score (nSPS) is 19.9. The molecule has 4 rings (SSSR count). The number of para-hydroxylation sites is 1. The fourth-order valence-electron chi connectivity index (χ4n) is 4.53. The molecule has 2 N–H and O–H groups in total. The second kappa shape index (κ2) is 9.10. The molecule has 1 saturated heterocycles. The zero-order valence-corrected chi connectivity index (χ0v) is 18.3. The van der Waals surface area contributed by atoms with E-state index in [1.807, 2.05) is 48.5 Å². The van der Waals surface area contributed by atoms with E-state index in [-0.39, 0.29) is 23.5 Å². The van der Waals surface area contributed by atoms with Crippen LogP contribution in [-0.4, -0.2) is 49.0 Å². The van der Waals surface area contributed by atoms with E-state index < -0.39 is 0 Å². The third-order valence-electron chi connectivity index (χ3n) is 6.40. The van der Waals surface area contributed by atoms with Gasteiger partial charge >= 0.3 is 0 Å². The van der Waals surface area contributed by atoms with E-state index in [2.05, 4.69) is 22.6 Å². The highest BCUT2D eigenvalue weighted by Gasteiger charge is 2.43. The number of carbonyl (C=O) groups excluding carboxylic acids is 2. The van der Waals surface area contributed by atoms with E-state index in [1.165, 1.54) is 6.92 Å². The van der Waals surface area contributed by atoms with E-state index in [0.29, 0.717) is 12.1 Å². The molecule has 2 aromatic rings. The zero-order valence-electron chi connectivity index (χ0n) is 18.3. The predicted molar refractivity (Wildman–Crippen MR) is 120 cm³/mol. The summed E-state index contributed by atoms with van der Waals surface area (Å²) in [4.78, 5) is 26.4. The molecule has 31 heavy (non-hydrogen) atoms. The third-order valence-corrected chi connectivity index (χ3v) is 6.40. The van der Waals surface area contributed by atoms with Gasteiger partial charge in [0, 0.05) is 44.1 Å². The number of piperidine rings is 1. The molecular formula is C25H31N3O3. The number of nitrogens with zero attached hydrogens (tertiary/aromatic N) is 1.